The maximum atomic E-state index is 9.28. The van der Waals surface area contributed by atoms with Crippen LogP contribution in [0.15, 0.2) is 0 Å². The van der Waals surface area contributed by atoms with Crippen molar-refractivity contribution in [3.63, 3.8) is 0 Å². The Bertz CT molecular complexity index is 143. The smallest absolute Gasteiger partial charge is 0.186 e. The van der Waals surface area contributed by atoms with Gasteiger partial charge >= 0.3 is 0 Å². The van der Waals surface area contributed by atoms with Gasteiger partial charge in [-0.05, 0) is 0 Å². The molecule has 0 spiro atoms. The van der Waals surface area contributed by atoms with Crippen molar-refractivity contribution in [1.29, 1.82) is 0 Å². The van der Waals surface area contributed by atoms with Crippen LogP contribution in [0, 0.1) is 0 Å². The fraction of sp³-hybridized carbons (Fsp3) is 1.00. The highest BCUT2D eigenvalue weighted by Crippen LogP contribution is 2.20. The highest BCUT2D eigenvalue weighted by atomic mass is 16.7. The summed E-state index contributed by atoms with van der Waals surface area (Å²) in [6.45, 7) is -0.440. The van der Waals surface area contributed by atoms with Crippen LogP contribution in [0.4, 0.5) is 0 Å². The van der Waals surface area contributed by atoms with Crippen molar-refractivity contribution in [2.75, 3.05) is 13.7 Å². The maximum absolute atomic E-state index is 9.28. The summed E-state index contributed by atoms with van der Waals surface area (Å²) in [5.74, 6) is 0. The standard InChI is InChI=1S/C7H14O6/c1-12-7-6(11)5(10)4(9)3(2-8)13-7/h3-11H,2H2,1H3/t3?,4-,5+,6+,7+/m1/s1. The van der Waals surface area contributed by atoms with Gasteiger partial charge in [0.1, 0.15) is 24.4 Å². The summed E-state index contributed by atoms with van der Waals surface area (Å²) in [7, 11) is 1.30. The number of methoxy groups -OCH3 is 1. The molecule has 1 fully saturated rings. The van der Waals surface area contributed by atoms with Crippen molar-refractivity contribution in [3.05, 3.63) is 0 Å². The highest BCUT2D eigenvalue weighted by Gasteiger charge is 2.43. The zero-order chi connectivity index (χ0) is 10.0. The summed E-state index contributed by atoms with van der Waals surface area (Å²) in [5, 5.41) is 36.6. The van der Waals surface area contributed by atoms with Crippen LogP contribution in [-0.4, -0.2) is 64.8 Å². The van der Waals surface area contributed by atoms with E-state index in [2.05, 4.69) is 0 Å². The first-order valence-corrected chi connectivity index (χ1v) is 3.95. The van der Waals surface area contributed by atoms with Gasteiger partial charge in [0.25, 0.3) is 0 Å². The number of rotatable bonds is 2. The molecule has 78 valence electrons. The molecule has 0 aromatic rings. The maximum Gasteiger partial charge on any atom is 0.186 e. The molecule has 0 radical (unpaired) electrons. The minimum atomic E-state index is -1.36. The minimum absolute atomic E-state index is 0.440. The van der Waals surface area contributed by atoms with Gasteiger partial charge in [-0.2, -0.15) is 0 Å². The molecule has 13 heavy (non-hydrogen) atoms. The third kappa shape index (κ3) is 1.98. The van der Waals surface area contributed by atoms with Gasteiger partial charge in [-0.1, -0.05) is 0 Å². The van der Waals surface area contributed by atoms with Crippen molar-refractivity contribution < 1.29 is 29.9 Å². The second-order valence-electron chi connectivity index (χ2n) is 2.93. The van der Waals surface area contributed by atoms with Crippen molar-refractivity contribution in [1.82, 2.24) is 0 Å². The number of aliphatic hydroxyl groups is 4. The van der Waals surface area contributed by atoms with Crippen molar-refractivity contribution in [2.24, 2.45) is 0 Å². The molecule has 6 heteroatoms. The Morgan fingerprint density at radius 3 is 2.23 bits per heavy atom. The molecule has 1 aliphatic rings. The fourth-order valence-electron chi connectivity index (χ4n) is 1.26. The van der Waals surface area contributed by atoms with Crippen LogP contribution in [0.3, 0.4) is 0 Å². The van der Waals surface area contributed by atoms with E-state index >= 15 is 0 Å². The van der Waals surface area contributed by atoms with E-state index < -0.39 is 37.3 Å². The van der Waals surface area contributed by atoms with Gasteiger partial charge in [-0.3, -0.25) is 0 Å². The van der Waals surface area contributed by atoms with Crippen LogP contribution in [0.1, 0.15) is 0 Å². The normalized spacial score (nSPS) is 46.4. The van der Waals surface area contributed by atoms with Crippen LogP contribution in [-0.2, 0) is 9.47 Å². The molecule has 0 aromatic heterocycles. The average molecular weight is 194 g/mol. The zero-order valence-corrected chi connectivity index (χ0v) is 7.20. The Hall–Kier alpha value is -0.240. The predicted molar refractivity (Wildman–Crippen MR) is 40.8 cm³/mol. The van der Waals surface area contributed by atoms with Crippen LogP contribution < -0.4 is 0 Å². The summed E-state index contributed by atoms with van der Waals surface area (Å²) in [5.41, 5.74) is 0. The Labute approximate surface area is 75.3 Å². The molecular weight excluding hydrogens is 180 g/mol. The average Bonchev–Trinajstić information content (AvgIpc) is 2.15. The van der Waals surface area contributed by atoms with Gasteiger partial charge in [0.05, 0.1) is 6.61 Å². The van der Waals surface area contributed by atoms with Gasteiger partial charge < -0.3 is 29.9 Å². The monoisotopic (exact) mass is 194 g/mol. The molecule has 0 aromatic carbocycles. The first-order valence-electron chi connectivity index (χ1n) is 3.95. The van der Waals surface area contributed by atoms with Gasteiger partial charge in [0, 0.05) is 7.11 Å². The molecule has 1 rings (SSSR count). The SMILES string of the molecule is CO[C@H]1OC(CO)[C@@H](O)[C@H](O)[C@@H]1O. The van der Waals surface area contributed by atoms with Crippen LogP contribution in [0.2, 0.25) is 0 Å². The quantitative estimate of drug-likeness (QED) is 0.386. The van der Waals surface area contributed by atoms with Gasteiger partial charge in [0.15, 0.2) is 6.29 Å². The van der Waals surface area contributed by atoms with Crippen molar-refractivity contribution in [2.45, 2.75) is 30.7 Å². The third-order valence-electron chi connectivity index (χ3n) is 2.08. The second-order valence-corrected chi connectivity index (χ2v) is 2.93. The second kappa shape index (κ2) is 4.32. The molecule has 0 saturated carbocycles. The van der Waals surface area contributed by atoms with Gasteiger partial charge in [0.2, 0.25) is 0 Å². The first kappa shape index (κ1) is 10.8. The van der Waals surface area contributed by atoms with E-state index in [1.807, 2.05) is 0 Å². The van der Waals surface area contributed by atoms with E-state index in [-0.39, 0.29) is 0 Å². The first-order chi connectivity index (χ1) is 6.11. The molecule has 0 amide bonds. The highest BCUT2D eigenvalue weighted by molar-refractivity contribution is 4.88. The Morgan fingerprint density at radius 2 is 1.77 bits per heavy atom. The lowest BCUT2D eigenvalue weighted by atomic mass is 9.99. The Balaban J connectivity index is 2.66. The summed E-state index contributed by atoms with van der Waals surface area (Å²) < 4.78 is 9.65. The largest absolute Gasteiger partial charge is 0.394 e. The predicted octanol–water partition coefficient (Wildman–Crippen LogP) is -2.57. The summed E-state index contributed by atoms with van der Waals surface area (Å²) in [6.07, 6.45) is -5.91. The summed E-state index contributed by atoms with van der Waals surface area (Å²) >= 11 is 0. The van der Waals surface area contributed by atoms with Gasteiger partial charge in [-0.25, -0.2) is 0 Å². The lowest BCUT2D eigenvalue weighted by Gasteiger charge is -2.38. The Kier molecular flexibility index (Phi) is 3.60. The molecule has 1 saturated heterocycles. The minimum Gasteiger partial charge on any atom is -0.394 e. The lowest BCUT2D eigenvalue weighted by Crippen LogP contribution is -2.58. The molecule has 0 aliphatic carbocycles. The Morgan fingerprint density at radius 1 is 1.15 bits per heavy atom. The number of hydrogen-bond donors (Lipinski definition) is 4. The molecule has 1 unspecified atom stereocenters. The third-order valence-corrected chi connectivity index (χ3v) is 2.08. The van der Waals surface area contributed by atoms with Crippen LogP contribution >= 0.6 is 0 Å². The zero-order valence-electron chi connectivity index (χ0n) is 7.20. The summed E-state index contributed by atoms with van der Waals surface area (Å²) in [6, 6.07) is 0. The van der Waals surface area contributed by atoms with E-state index in [1.165, 1.54) is 7.11 Å². The van der Waals surface area contributed by atoms with E-state index in [4.69, 9.17) is 14.6 Å². The van der Waals surface area contributed by atoms with Gasteiger partial charge in [-0.15, -0.1) is 0 Å². The van der Waals surface area contributed by atoms with E-state index in [9.17, 15) is 15.3 Å². The number of aliphatic hydroxyl groups excluding tert-OH is 4. The molecule has 5 atom stereocenters. The van der Waals surface area contributed by atoms with Crippen LogP contribution in [0.25, 0.3) is 0 Å². The fourth-order valence-corrected chi connectivity index (χ4v) is 1.26. The molecule has 4 N–H and O–H groups in total. The molecule has 6 nitrogen and oxygen atoms in total. The molecular formula is C7H14O6. The van der Waals surface area contributed by atoms with E-state index in [1.54, 1.807) is 0 Å². The van der Waals surface area contributed by atoms with E-state index in [0.717, 1.165) is 0 Å². The van der Waals surface area contributed by atoms with E-state index in [0.29, 0.717) is 0 Å². The van der Waals surface area contributed by atoms with Crippen LogP contribution in [0.5, 0.6) is 0 Å². The number of hydrogen-bond acceptors (Lipinski definition) is 6. The summed E-state index contributed by atoms with van der Waals surface area (Å²) in [4.78, 5) is 0. The number of ether oxygens (including phenoxy) is 2. The molecule has 1 aliphatic heterocycles. The molecule has 1 heterocycles. The lowest BCUT2D eigenvalue weighted by molar-refractivity contribution is -0.294. The topological polar surface area (TPSA) is 99.4 Å². The van der Waals surface area contributed by atoms with Crippen molar-refractivity contribution in [3.8, 4) is 0 Å². The van der Waals surface area contributed by atoms with Crippen molar-refractivity contribution >= 4 is 0 Å². The molecule has 0 bridgehead atoms.